The first-order valence-corrected chi connectivity index (χ1v) is 9.72. The molecule has 2 rings (SSSR count). The van der Waals surface area contributed by atoms with Crippen LogP contribution in [-0.2, 0) is 4.74 Å². The molecule has 2 aliphatic rings. The fourth-order valence-electron chi connectivity index (χ4n) is 3.28. The van der Waals surface area contributed by atoms with Crippen LogP contribution < -0.4 is 0 Å². The van der Waals surface area contributed by atoms with Gasteiger partial charge in [-0.25, -0.2) is 4.79 Å². The van der Waals surface area contributed by atoms with E-state index in [0.717, 1.165) is 36.8 Å². The predicted molar refractivity (Wildman–Crippen MR) is 117 cm³/mol. The Hall–Kier alpha value is -1.06. The van der Waals surface area contributed by atoms with Crippen molar-refractivity contribution in [2.45, 2.75) is 99.1 Å². The average Bonchev–Trinajstić information content (AvgIpc) is 2.92. The number of nitrogens with zero attached hydrogens (tertiary/aromatic N) is 1. The summed E-state index contributed by atoms with van der Waals surface area (Å²) in [4.78, 5) is 13.6. The van der Waals surface area contributed by atoms with Crippen LogP contribution in [0.15, 0.2) is 12.2 Å². The normalized spacial score (nSPS) is 25.0. The molecule has 1 aliphatic heterocycles. The van der Waals surface area contributed by atoms with Crippen LogP contribution in [0.5, 0.6) is 0 Å². The van der Waals surface area contributed by atoms with Crippen LogP contribution in [0.2, 0.25) is 0 Å². The van der Waals surface area contributed by atoms with E-state index in [0.29, 0.717) is 0 Å². The Morgan fingerprint density at radius 1 is 1.15 bits per heavy atom. The minimum absolute atomic E-state index is 0. The third-order valence-corrected chi connectivity index (χ3v) is 4.84. The zero-order chi connectivity index (χ0) is 19.6. The molecule has 1 heterocycles. The molecule has 151 valence electrons. The quantitative estimate of drug-likeness (QED) is 0.421. The number of amides is 1. The average molecular weight is 364 g/mol. The first-order chi connectivity index (χ1) is 11.6. The van der Waals surface area contributed by atoms with Gasteiger partial charge in [-0.05, 0) is 45.4 Å². The van der Waals surface area contributed by atoms with Crippen LogP contribution in [0.25, 0.3) is 0 Å². The number of rotatable bonds is 1. The Balaban J connectivity index is 0. The van der Waals surface area contributed by atoms with E-state index in [1.54, 1.807) is 4.90 Å². The second-order valence-electron chi connectivity index (χ2n) is 8.37. The minimum atomic E-state index is -0.417. The van der Waals surface area contributed by atoms with E-state index in [4.69, 9.17) is 4.74 Å². The van der Waals surface area contributed by atoms with Gasteiger partial charge >= 0.3 is 20.1 Å². The molecule has 0 aromatic heterocycles. The molecule has 3 nitrogen and oxygen atoms in total. The van der Waals surface area contributed by atoms with E-state index in [1.807, 2.05) is 20.8 Å². The summed E-state index contributed by atoms with van der Waals surface area (Å²) in [5.74, 6) is 2.04. The molecule has 1 aliphatic carbocycles. The summed E-state index contributed by atoms with van der Waals surface area (Å²) in [5, 5.41) is 0. The molecular weight excluding hydrogens is 321 g/mol. The van der Waals surface area contributed by atoms with Crippen molar-refractivity contribution in [3.05, 3.63) is 12.2 Å². The maximum atomic E-state index is 11.8. The molecule has 0 bridgehead atoms. The second-order valence-corrected chi connectivity index (χ2v) is 8.37. The Morgan fingerprint density at radius 3 is 1.92 bits per heavy atom. The third kappa shape index (κ3) is 10.2. The van der Waals surface area contributed by atoms with E-state index < -0.39 is 5.60 Å². The zero-order valence-corrected chi connectivity index (χ0v) is 17.4. The molecule has 1 saturated heterocycles. The van der Waals surface area contributed by atoms with Crippen molar-refractivity contribution in [3.63, 3.8) is 0 Å². The fourth-order valence-corrected chi connectivity index (χ4v) is 3.28. The number of hydrogen-bond donors (Lipinski definition) is 0. The Kier molecular flexibility index (Phi) is 13.8. The van der Waals surface area contributed by atoms with Crippen molar-refractivity contribution in [1.82, 2.24) is 4.90 Å². The van der Waals surface area contributed by atoms with Crippen molar-refractivity contribution >= 4 is 20.1 Å². The summed E-state index contributed by atoms with van der Waals surface area (Å²) in [7, 11) is 4.25. The molecule has 26 heavy (non-hydrogen) atoms. The summed E-state index contributed by atoms with van der Waals surface area (Å²) in [6, 6.07) is 0.167. The Bertz CT molecular complexity index is 399. The summed E-state index contributed by atoms with van der Waals surface area (Å²) in [5.41, 5.74) is 0.725. The van der Waals surface area contributed by atoms with Gasteiger partial charge in [-0.3, -0.25) is 0 Å². The molecule has 2 fully saturated rings. The molecule has 1 amide bonds. The van der Waals surface area contributed by atoms with E-state index in [9.17, 15) is 4.79 Å². The molecule has 0 N–H and O–H groups in total. The summed E-state index contributed by atoms with van der Waals surface area (Å²) < 4.78 is 5.35. The van der Waals surface area contributed by atoms with Gasteiger partial charge < -0.3 is 9.64 Å². The summed E-state index contributed by atoms with van der Waals surface area (Å²) in [6.45, 7) is 19.9. The van der Waals surface area contributed by atoms with E-state index >= 15 is 0 Å². The first-order valence-electron chi connectivity index (χ1n) is 9.72. The van der Waals surface area contributed by atoms with Gasteiger partial charge in [0.05, 0.1) is 6.04 Å². The first kappa shape index (κ1) is 27.2. The molecule has 0 aromatic rings. The van der Waals surface area contributed by atoms with Crippen molar-refractivity contribution < 1.29 is 9.53 Å². The van der Waals surface area contributed by atoms with E-state index in [2.05, 4.69) is 41.3 Å². The van der Waals surface area contributed by atoms with Gasteiger partial charge in [-0.1, -0.05) is 66.0 Å². The molecule has 0 aromatic carbocycles. The van der Waals surface area contributed by atoms with Gasteiger partial charge in [0.1, 0.15) is 5.60 Å². The van der Waals surface area contributed by atoms with Crippen LogP contribution in [0.4, 0.5) is 4.79 Å². The third-order valence-electron chi connectivity index (χ3n) is 4.84. The number of likely N-dealkylation sites (tertiary alicyclic amines) is 1. The van der Waals surface area contributed by atoms with Gasteiger partial charge in [0.15, 0.2) is 0 Å². The van der Waals surface area contributed by atoms with Gasteiger partial charge in [0, 0.05) is 6.54 Å². The van der Waals surface area contributed by atoms with Gasteiger partial charge in [-0.2, -0.15) is 0 Å². The van der Waals surface area contributed by atoms with Crippen LogP contribution >= 0.6 is 0 Å². The second kappa shape index (κ2) is 13.2. The van der Waals surface area contributed by atoms with Gasteiger partial charge in [0.2, 0.25) is 0 Å². The monoisotopic (exact) mass is 364 g/mol. The topological polar surface area (TPSA) is 29.5 Å². The van der Waals surface area contributed by atoms with Crippen molar-refractivity contribution in [3.8, 4) is 0 Å². The predicted octanol–water partition coefficient (Wildman–Crippen LogP) is 6.02. The van der Waals surface area contributed by atoms with Crippen molar-refractivity contribution in [2.24, 2.45) is 11.8 Å². The van der Waals surface area contributed by atoms with Crippen molar-refractivity contribution in [1.29, 1.82) is 0 Å². The van der Waals surface area contributed by atoms with Gasteiger partial charge in [0.25, 0.3) is 0 Å². The van der Waals surface area contributed by atoms with E-state index in [-0.39, 0.29) is 19.6 Å². The number of carbonyl (C=O) groups is 1. The maximum absolute atomic E-state index is 11.8. The Labute approximate surface area is 164 Å². The van der Waals surface area contributed by atoms with Crippen LogP contribution in [0.1, 0.15) is 87.5 Å². The van der Waals surface area contributed by atoms with Gasteiger partial charge in [-0.15, -0.1) is 0 Å². The standard InChI is InChI=1S/C12H21NO2.C8H16.CH2B.CH4/c1-6-10-9(2)7-8-13(10)11(14)15-12(3,4)5;1-7-3-5-8(2)6-4-7;1-2;/h10H,2,6-8H2,1,3-5H3;7-8H,3-6H2,1-2H3;1H2;1H4. The SMILES string of the molecule is C.C=C1CCN(C(=O)OC(C)(C)C)C1CC.CC1CCC(C)CC1.[B]=C. The molecular formula is C22H43BNO2. The zero-order valence-electron chi connectivity index (χ0n) is 17.4. The fraction of sp³-hybridized carbons (Fsp3) is 0.818. The molecule has 4 heteroatoms. The van der Waals surface area contributed by atoms with E-state index in [1.165, 1.54) is 25.7 Å². The van der Waals surface area contributed by atoms with Crippen LogP contribution in [0.3, 0.4) is 0 Å². The van der Waals surface area contributed by atoms with Crippen molar-refractivity contribution in [2.75, 3.05) is 6.54 Å². The summed E-state index contributed by atoms with van der Waals surface area (Å²) >= 11 is 0. The molecule has 1 unspecified atom stereocenters. The summed E-state index contributed by atoms with van der Waals surface area (Å²) in [6.07, 6.45) is 7.49. The number of hydrogen-bond acceptors (Lipinski definition) is 2. The van der Waals surface area contributed by atoms with Crippen LogP contribution in [-0.4, -0.2) is 43.1 Å². The number of carbonyl (C=O) groups excluding carboxylic acids is 1. The Morgan fingerprint density at radius 2 is 1.58 bits per heavy atom. The molecule has 1 atom stereocenters. The van der Waals surface area contributed by atoms with Crippen LogP contribution in [0, 0.1) is 11.8 Å². The molecule has 1 radical (unpaired) electrons. The molecule has 0 spiro atoms. The molecule has 1 saturated carbocycles. The number of ether oxygens (including phenoxy) is 1.